The standard InChI is InChI=1S/C16H16FN3O3S/c1-9-5-10(2)19-16(18-9)24-8-14(21)20-12-4-3-11(6-15(22)23)13(17)7-12/h3-5,7H,6,8H2,1-2H3,(H,20,21)(H,22,23). The molecule has 0 atom stereocenters. The van der Waals surface area contributed by atoms with E-state index in [1.807, 2.05) is 19.9 Å². The number of benzene rings is 1. The van der Waals surface area contributed by atoms with Gasteiger partial charge in [-0.25, -0.2) is 14.4 Å². The van der Waals surface area contributed by atoms with Gasteiger partial charge in [-0.2, -0.15) is 0 Å². The van der Waals surface area contributed by atoms with Crippen LogP contribution < -0.4 is 5.32 Å². The van der Waals surface area contributed by atoms with Crippen LogP contribution in [0.2, 0.25) is 0 Å². The molecule has 24 heavy (non-hydrogen) atoms. The van der Waals surface area contributed by atoms with Gasteiger partial charge in [0.1, 0.15) is 5.82 Å². The first-order chi connectivity index (χ1) is 11.3. The van der Waals surface area contributed by atoms with Crippen LogP contribution in [0.25, 0.3) is 0 Å². The average molecular weight is 349 g/mol. The molecule has 8 heteroatoms. The minimum atomic E-state index is -1.12. The lowest BCUT2D eigenvalue weighted by molar-refractivity contribution is -0.136. The molecule has 1 aromatic carbocycles. The Kier molecular flexibility index (Phi) is 5.86. The van der Waals surface area contributed by atoms with E-state index in [2.05, 4.69) is 15.3 Å². The molecule has 0 saturated heterocycles. The number of aromatic nitrogens is 2. The fraction of sp³-hybridized carbons (Fsp3) is 0.250. The molecule has 0 radical (unpaired) electrons. The van der Waals surface area contributed by atoms with Crippen molar-refractivity contribution >= 4 is 29.3 Å². The van der Waals surface area contributed by atoms with Gasteiger partial charge in [-0.15, -0.1) is 0 Å². The molecule has 1 aromatic heterocycles. The Morgan fingerprint density at radius 3 is 2.46 bits per heavy atom. The first-order valence-corrected chi connectivity index (χ1v) is 8.07. The number of thioether (sulfide) groups is 1. The molecule has 2 N–H and O–H groups in total. The first kappa shape index (κ1) is 17.9. The summed E-state index contributed by atoms with van der Waals surface area (Å²) in [4.78, 5) is 31.0. The molecule has 1 heterocycles. The van der Waals surface area contributed by atoms with Crippen LogP contribution in [0.3, 0.4) is 0 Å². The van der Waals surface area contributed by atoms with Crippen LogP contribution in [0.15, 0.2) is 29.4 Å². The summed E-state index contributed by atoms with van der Waals surface area (Å²) < 4.78 is 13.8. The van der Waals surface area contributed by atoms with Crippen molar-refractivity contribution in [1.82, 2.24) is 9.97 Å². The van der Waals surface area contributed by atoms with E-state index in [9.17, 15) is 14.0 Å². The van der Waals surface area contributed by atoms with Crippen molar-refractivity contribution in [3.05, 3.63) is 47.0 Å². The number of anilines is 1. The number of aliphatic carboxylic acids is 1. The van der Waals surface area contributed by atoms with Gasteiger partial charge in [0.05, 0.1) is 12.2 Å². The number of halogens is 1. The monoisotopic (exact) mass is 349 g/mol. The Labute approximate surface area is 142 Å². The summed E-state index contributed by atoms with van der Waals surface area (Å²) in [6, 6.07) is 5.76. The Hall–Kier alpha value is -2.48. The number of hydrogen-bond donors (Lipinski definition) is 2. The Morgan fingerprint density at radius 1 is 1.21 bits per heavy atom. The average Bonchev–Trinajstić information content (AvgIpc) is 2.47. The van der Waals surface area contributed by atoms with E-state index >= 15 is 0 Å². The van der Waals surface area contributed by atoms with Crippen LogP contribution in [0.4, 0.5) is 10.1 Å². The van der Waals surface area contributed by atoms with Crippen molar-refractivity contribution in [2.24, 2.45) is 0 Å². The number of nitrogens with zero attached hydrogens (tertiary/aromatic N) is 2. The van der Waals surface area contributed by atoms with Gasteiger partial charge < -0.3 is 10.4 Å². The van der Waals surface area contributed by atoms with E-state index in [1.165, 1.54) is 23.9 Å². The zero-order valence-corrected chi connectivity index (χ0v) is 14.0. The second-order valence-electron chi connectivity index (χ2n) is 5.15. The van der Waals surface area contributed by atoms with Crippen molar-refractivity contribution in [2.45, 2.75) is 25.4 Å². The fourth-order valence-electron chi connectivity index (χ4n) is 2.02. The summed E-state index contributed by atoms with van der Waals surface area (Å²) in [7, 11) is 0. The number of rotatable bonds is 6. The molecule has 0 saturated carbocycles. The van der Waals surface area contributed by atoms with Crippen molar-refractivity contribution in [1.29, 1.82) is 0 Å². The van der Waals surface area contributed by atoms with Crippen LogP contribution in [-0.4, -0.2) is 32.7 Å². The Morgan fingerprint density at radius 2 is 1.88 bits per heavy atom. The highest BCUT2D eigenvalue weighted by atomic mass is 32.2. The molecule has 0 aliphatic rings. The van der Waals surface area contributed by atoms with Crippen LogP contribution in [0, 0.1) is 19.7 Å². The minimum Gasteiger partial charge on any atom is -0.481 e. The topological polar surface area (TPSA) is 92.2 Å². The number of carboxylic acid groups (broad SMARTS) is 1. The lowest BCUT2D eigenvalue weighted by atomic mass is 10.1. The molecule has 126 valence electrons. The van der Waals surface area contributed by atoms with Gasteiger partial charge in [0.15, 0.2) is 5.16 Å². The maximum atomic E-state index is 13.8. The number of nitrogens with one attached hydrogen (secondary N) is 1. The van der Waals surface area contributed by atoms with Crippen LogP contribution in [-0.2, 0) is 16.0 Å². The summed E-state index contributed by atoms with van der Waals surface area (Å²) in [6.45, 7) is 3.69. The van der Waals surface area contributed by atoms with Crippen molar-refractivity contribution in [2.75, 3.05) is 11.1 Å². The normalized spacial score (nSPS) is 10.5. The van der Waals surface area contributed by atoms with Crippen molar-refractivity contribution < 1.29 is 19.1 Å². The van der Waals surface area contributed by atoms with Crippen LogP contribution in [0.1, 0.15) is 17.0 Å². The maximum Gasteiger partial charge on any atom is 0.307 e. The highest BCUT2D eigenvalue weighted by Gasteiger charge is 2.10. The molecule has 0 unspecified atom stereocenters. The van der Waals surface area contributed by atoms with E-state index in [1.54, 1.807) is 0 Å². The van der Waals surface area contributed by atoms with E-state index in [4.69, 9.17) is 5.11 Å². The molecule has 2 aromatic rings. The second kappa shape index (κ2) is 7.87. The largest absolute Gasteiger partial charge is 0.481 e. The molecule has 0 spiro atoms. The fourth-order valence-corrected chi connectivity index (χ4v) is 2.77. The van der Waals surface area contributed by atoms with E-state index in [-0.39, 0.29) is 22.9 Å². The summed E-state index contributed by atoms with van der Waals surface area (Å²) in [5.74, 6) is -2.02. The lowest BCUT2D eigenvalue weighted by Gasteiger charge is -2.07. The lowest BCUT2D eigenvalue weighted by Crippen LogP contribution is -2.15. The number of hydrogen-bond acceptors (Lipinski definition) is 5. The quantitative estimate of drug-likeness (QED) is 0.615. The number of amides is 1. The molecule has 0 aliphatic heterocycles. The van der Waals surface area contributed by atoms with Gasteiger partial charge in [0.25, 0.3) is 0 Å². The molecular weight excluding hydrogens is 333 g/mol. The minimum absolute atomic E-state index is 0.0681. The number of carboxylic acids is 1. The van der Waals surface area contributed by atoms with Gasteiger partial charge in [0.2, 0.25) is 5.91 Å². The predicted molar refractivity (Wildman–Crippen MR) is 88.6 cm³/mol. The predicted octanol–water partition coefficient (Wildman–Crippen LogP) is 2.59. The highest BCUT2D eigenvalue weighted by molar-refractivity contribution is 7.99. The van der Waals surface area contributed by atoms with Crippen molar-refractivity contribution in [3.8, 4) is 0 Å². The number of carbonyl (C=O) groups excluding carboxylic acids is 1. The zero-order valence-electron chi connectivity index (χ0n) is 13.2. The molecule has 0 bridgehead atoms. The van der Waals surface area contributed by atoms with Crippen LogP contribution in [0.5, 0.6) is 0 Å². The van der Waals surface area contributed by atoms with E-state index < -0.39 is 18.2 Å². The first-order valence-electron chi connectivity index (χ1n) is 7.08. The Balaban J connectivity index is 1.94. The van der Waals surface area contributed by atoms with Crippen LogP contribution >= 0.6 is 11.8 Å². The molecular formula is C16H16FN3O3S. The van der Waals surface area contributed by atoms with Gasteiger partial charge >= 0.3 is 5.97 Å². The summed E-state index contributed by atoms with van der Waals surface area (Å²) >= 11 is 1.19. The Bertz CT molecular complexity index is 763. The number of aryl methyl sites for hydroxylation is 2. The SMILES string of the molecule is Cc1cc(C)nc(SCC(=O)Nc2ccc(CC(=O)O)c(F)c2)n1. The van der Waals surface area contributed by atoms with Gasteiger partial charge in [-0.3, -0.25) is 9.59 Å². The zero-order chi connectivity index (χ0) is 17.7. The van der Waals surface area contributed by atoms with E-state index in [0.717, 1.165) is 17.5 Å². The summed E-state index contributed by atoms with van der Waals surface area (Å²) in [6.07, 6.45) is -0.403. The number of carbonyl (C=O) groups is 2. The molecule has 6 nitrogen and oxygen atoms in total. The molecule has 0 aliphatic carbocycles. The summed E-state index contributed by atoms with van der Waals surface area (Å²) in [5, 5.41) is 11.7. The molecule has 1 amide bonds. The highest BCUT2D eigenvalue weighted by Crippen LogP contribution is 2.17. The van der Waals surface area contributed by atoms with Gasteiger partial charge in [0, 0.05) is 17.1 Å². The third-order valence-corrected chi connectivity index (χ3v) is 3.82. The van der Waals surface area contributed by atoms with Gasteiger partial charge in [-0.05, 0) is 37.6 Å². The van der Waals surface area contributed by atoms with Gasteiger partial charge in [-0.1, -0.05) is 17.8 Å². The molecule has 2 rings (SSSR count). The third-order valence-electron chi connectivity index (χ3n) is 2.97. The second-order valence-corrected chi connectivity index (χ2v) is 6.09. The summed E-state index contributed by atoms with van der Waals surface area (Å²) in [5.41, 5.74) is 1.98. The van der Waals surface area contributed by atoms with Crippen molar-refractivity contribution in [3.63, 3.8) is 0 Å². The smallest absolute Gasteiger partial charge is 0.307 e. The molecule has 0 fully saturated rings. The maximum absolute atomic E-state index is 13.8. The van der Waals surface area contributed by atoms with E-state index in [0.29, 0.717) is 5.16 Å². The third kappa shape index (κ3) is 5.31.